The van der Waals surface area contributed by atoms with E-state index in [1.54, 1.807) is 43.5 Å². The van der Waals surface area contributed by atoms with Crippen molar-refractivity contribution in [2.24, 2.45) is 17.8 Å². The minimum Gasteiger partial charge on any atom is -0.466 e. The Morgan fingerprint density at radius 1 is 0.958 bits per heavy atom. The van der Waals surface area contributed by atoms with Gasteiger partial charge in [-0.1, -0.05) is 32.3 Å². The number of ether oxygens (including phenoxy) is 3. The van der Waals surface area contributed by atoms with Gasteiger partial charge in [0.05, 0.1) is 37.2 Å². The molecular weight excluding hydrogens is 614 g/mol. The summed E-state index contributed by atoms with van der Waals surface area (Å²) in [5, 5.41) is 3.36. The summed E-state index contributed by atoms with van der Waals surface area (Å²) in [7, 11) is 1.91. The number of hydrogen-bond donors (Lipinski definition) is 2. The number of nitrogens with one attached hydrogen (secondary N) is 1. The molecule has 0 radical (unpaired) electrons. The van der Waals surface area contributed by atoms with Gasteiger partial charge in [-0.05, 0) is 67.9 Å². The van der Waals surface area contributed by atoms with E-state index in [-0.39, 0.29) is 44.0 Å². The standard InChI is InChI=1S/C35H43N7O6/c1-4-6-7-10-21-47-35(45)48-24-39-33(36)25-12-15-27(16-13-25)38-23-31-40-28-22-26(14-17-29(28)41(31)3)34(44)42(20-18-32(43)46-5-2)30-11-8-9-19-37-30/h8-9,11-17,19,22,38H,4-7,10,18,20-21,23-24H2,1-3H3,(H2,36,39). The number of aliphatic imine (C=N–C) groups is 1. The second-order valence-electron chi connectivity index (χ2n) is 10.9. The van der Waals surface area contributed by atoms with Crippen LogP contribution in [-0.2, 0) is 32.6 Å². The van der Waals surface area contributed by atoms with Crippen LogP contribution >= 0.6 is 0 Å². The first kappa shape index (κ1) is 35.4. The Labute approximate surface area is 280 Å². The van der Waals surface area contributed by atoms with E-state index >= 15 is 0 Å². The quantitative estimate of drug-likeness (QED) is 0.0634. The van der Waals surface area contributed by atoms with Gasteiger partial charge in [0.1, 0.15) is 17.5 Å². The van der Waals surface area contributed by atoms with Crippen molar-refractivity contribution in [3.05, 3.63) is 83.8 Å². The SMILES string of the molecule is CCCCCCOC(=O)OC/N=C(/N)c1ccc(NCc2nc3cc(C(=O)N(CCC(=O)OCC)c4ccccn4)ccc3n2C)cc1. The Hall–Kier alpha value is -5.46. The van der Waals surface area contributed by atoms with Crippen molar-refractivity contribution in [3.63, 3.8) is 0 Å². The van der Waals surface area contributed by atoms with E-state index in [1.165, 1.54) is 4.90 Å². The summed E-state index contributed by atoms with van der Waals surface area (Å²) in [6.07, 6.45) is 4.92. The summed E-state index contributed by atoms with van der Waals surface area (Å²) in [6.45, 7) is 4.78. The minimum absolute atomic E-state index is 0.0440. The Bertz CT molecular complexity index is 1690. The Morgan fingerprint density at radius 2 is 1.75 bits per heavy atom. The molecule has 4 aromatic rings. The fourth-order valence-electron chi connectivity index (χ4n) is 4.88. The molecule has 0 unspecified atom stereocenters. The molecule has 0 aliphatic heterocycles. The molecule has 13 heteroatoms. The van der Waals surface area contributed by atoms with Gasteiger partial charge in [0.25, 0.3) is 5.91 Å². The largest absolute Gasteiger partial charge is 0.510 e. The predicted molar refractivity (Wildman–Crippen MR) is 184 cm³/mol. The van der Waals surface area contributed by atoms with E-state index in [1.807, 2.05) is 41.9 Å². The monoisotopic (exact) mass is 657 g/mol. The fourth-order valence-corrected chi connectivity index (χ4v) is 4.88. The molecule has 3 N–H and O–H groups in total. The van der Waals surface area contributed by atoms with Crippen molar-refractivity contribution in [1.82, 2.24) is 14.5 Å². The van der Waals surface area contributed by atoms with Gasteiger partial charge in [-0.15, -0.1) is 0 Å². The van der Waals surface area contributed by atoms with Crippen LogP contribution < -0.4 is 16.0 Å². The molecule has 13 nitrogen and oxygen atoms in total. The lowest BCUT2D eigenvalue weighted by molar-refractivity contribution is -0.142. The summed E-state index contributed by atoms with van der Waals surface area (Å²) >= 11 is 0. The normalized spacial score (nSPS) is 11.3. The number of rotatable bonds is 17. The lowest BCUT2D eigenvalue weighted by atomic mass is 10.1. The highest BCUT2D eigenvalue weighted by molar-refractivity contribution is 6.07. The number of unbranched alkanes of at least 4 members (excludes halogenated alkanes) is 3. The van der Waals surface area contributed by atoms with E-state index in [0.29, 0.717) is 35.6 Å². The average Bonchev–Trinajstić information content (AvgIpc) is 3.42. The second kappa shape index (κ2) is 18.0. The molecular formula is C35H43N7O6. The maximum absolute atomic E-state index is 13.6. The molecule has 0 atom stereocenters. The molecule has 0 fully saturated rings. The van der Waals surface area contributed by atoms with Crippen LogP contribution in [0.5, 0.6) is 0 Å². The first-order valence-electron chi connectivity index (χ1n) is 16.1. The number of amides is 1. The first-order valence-corrected chi connectivity index (χ1v) is 16.1. The molecule has 0 aliphatic carbocycles. The van der Waals surface area contributed by atoms with Crippen LogP contribution in [0.25, 0.3) is 11.0 Å². The van der Waals surface area contributed by atoms with Crippen LogP contribution in [-0.4, -0.2) is 64.9 Å². The molecule has 4 rings (SSSR count). The Morgan fingerprint density at radius 3 is 2.48 bits per heavy atom. The summed E-state index contributed by atoms with van der Waals surface area (Å²) in [4.78, 5) is 52.1. The van der Waals surface area contributed by atoms with Gasteiger partial charge in [0.2, 0.25) is 0 Å². The number of nitrogens with zero attached hydrogens (tertiary/aromatic N) is 5. The first-order chi connectivity index (χ1) is 23.3. The van der Waals surface area contributed by atoms with Gasteiger partial charge >= 0.3 is 12.1 Å². The van der Waals surface area contributed by atoms with E-state index in [4.69, 9.17) is 24.9 Å². The van der Waals surface area contributed by atoms with Crippen LogP contribution in [0.4, 0.5) is 16.3 Å². The molecule has 254 valence electrons. The van der Waals surface area contributed by atoms with Gasteiger partial charge in [-0.2, -0.15) is 0 Å². The van der Waals surface area contributed by atoms with Crippen molar-refractivity contribution in [1.29, 1.82) is 0 Å². The molecule has 1 amide bonds. The number of pyridine rings is 1. The molecule has 0 saturated carbocycles. The van der Waals surface area contributed by atoms with E-state index in [2.05, 4.69) is 22.2 Å². The third kappa shape index (κ3) is 10.0. The molecule has 0 spiro atoms. The van der Waals surface area contributed by atoms with Gasteiger partial charge in [0.15, 0.2) is 6.73 Å². The highest BCUT2D eigenvalue weighted by atomic mass is 16.7. The lowest BCUT2D eigenvalue weighted by Crippen LogP contribution is -2.34. The Balaban J connectivity index is 1.35. The number of carbonyl (C=O) groups excluding carboxylic acids is 3. The number of fused-ring (bicyclic) bond motifs is 1. The number of carbonyl (C=O) groups is 3. The average molecular weight is 658 g/mol. The van der Waals surface area contributed by atoms with Gasteiger partial charge in [-0.25, -0.2) is 19.8 Å². The number of amidine groups is 1. The number of esters is 1. The summed E-state index contributed by atoms with van der Waals surface area (Å²) in [5.41, 5.74) is 9.54. The molecule has 0 bridgehead atoms. The number of aromatic nitrogens is 3. The van der Waals surface area contributed by atoms with Gasteiger partial charge in [-0.3, -0.25) is 14.5 Å². The topological polar surface area (TPSA) is 163 Å². The van der Waals surface area contributed by atoms with E-state index < -0.39 is 6.16 Å². The van der Waals surface area contributed by atoms with E-state index in [0.717, 1.165) is 42.7 Å². The summed E-state index contributed by atoms with van der Waals surface area (Å²) < 4.78 is 17.0. The molecule has 48 heavy (non-hydrogen) atoms. The van der Waals surface area contributed by atoms with Crippen LogP contribution in [0.2, 0.25) is 0 Å². The van der Waals surface area contributed by atoms with Crippen molar-refractivity contribution in [3.8, 4) is 0 Å². The minimum atomic E-state index is -0.759. The number of aryl methyl sites for hydroxylation is 1. The summed E-state index contributed by atoms with van der Waals surface area (Å²) in [6, 6.07) is 18.0. The zero-order valence-corrected chi connectivity index (χ0v) is 27.7. The fraction of sp³-hybridized carbons (Fsp3) is 0.371. The Kier molecular flexibility index (Phi) is 13.3. The van der Waals surface area contributed by atoms with Crippen LogP contribution in [0.3, 0.4) is 0 Å². The van der Waals surface area contributed by atoms with Crippen molar-refractivity contribution in [2.45, 2.75) is 52.5 Å². The highest BCUT2D eigenvalue weighted by Gasteiger charge is 2.21. The number of imidazole rings is 1. The summed E-state index contributed by atoms with van der Waals surface area (Å²) in [5.74, 6) is 0.765. The second-order valence-corrected chi connectivity index (χ2v) is 10.9. The number of hydrogen-bond acceptors (Lipinski definition) is 10. The molecule has 2 aromatic carbocycles. The van der Waals surface area contributed by atoms with Crippen LogP contribution in [0, 0.1) is 0 Å². The smallest absolute Gasteiger partial charge is 0.466 e. The zero-order chi connectivity index (χ0) is 34.3. The maximum atomic E-state index is 13.6. The predicted octanol–water partition coefficient (Wildman–Crippen LogP) is 5.58. The third-order valence-electron chi connectivity index (χ3n) is 7.50. The van der Waals surface area contributed by atoms with Gasteiger partial charge in [0, 0.05) is 36.6 Å². The van der Waals surface area contributed by atoms with Crippen molar-refractivity contribution in [2.75, 3.05) is 36.7 Å². The van der Waals surface area contributed by atoms with E-state index in [9.17, 15) is 14.4 Å². The molecule has 2 heterocycles. The van der Waals surface area contributed by atoms with Crippen LogP contribution in [0.1, 0.15) is 67.7 Å². The highest BCUT2D eigenvalue weighted by Crippen LogP contribution is 2.21. The number of anilines is 2. The number of nitrogens with two attached hydrogens (primary N) is 1. The van der Waals surface area contributed by atoms with Gasteiger partial charge < -0.3 is 29.8 Å². The molecule has 0 aliphatic rings. The van der Waals surface area contributed by atoms with Crippen LogP contribution in [0.15, 0.2) is 71.9 Å². The maximum Gasteiger partial charge on any atom is 0.510 e. The molecule has 0 saturated heterocycles. The third-order valence-corrected chi connectivity index (χ3v) is 7.50. The van der Waals surface area contributed by atoms with Crippen molar-refractivity contribution < 1.29 is 28.6 Å². The van der Waals surface area contributed by atoms with Crippen molar-refractivity contribution >= 4 is 46.4 Å². The lowest BCUT2D eigenvalue weighted by Gasteiger charge is -2.21. The number of benzene rings is 2. The molecule has 2 aromatic heterocycles. The zero-order valence-electron chi connectivity index (χ0n) is 27.7.